The maximum Gasteiger partial charge on any atom is 0.328 e. The van der Waals surface area contributed by atoms with Crippen molar-refractivity contribution in [2.24, 2.45) is 5.10 Å². The van der Waals surface area contributed by atoms with Gasteiger partial charge in [-0.25, -0.2) is 0 Å². The standard InChI is InChI=1S/C11H11ClN2O4/c1-2-18-9-11(16,17)10(15)14(13-9)8-5-3-7(12)4-6-8/h3-6,16-17H,2H2,1H3. The average Bonchev–Trinajstić information content (AvgIpc) is 2.55. The molecule has 1 aliphatic heterocycles. The largest absolute Gasteiger partial charge is 0.476 e. The molecule has 7 heteroatoms. The first-order chi connectivity index (χ1) is 8.46. The van der Waals surface area contributed by atoms with Gasteiger partial charge in [-0.15, -0.1) is 5.10 Å². The Labute approximate surface area is 108 Å². The van der Waals surface area contributed by atoms with E-state index in [2.05, 4.69) is 5.10 Å². The predicted octanol–water partition coefficient (Wildman–Crippen LogP) is 0.717. The fourth-order valence-corrected chi connectivity index (χ4v) is 1.59. The van der Waals surface area contributed by atoms with Crippen molar-refractivity contribution in [1.29, 1.82) is 0 Å². The molecule has 0 unspecified atom stereocenters. The number of ether oxygens (including phenoxy) is 1. The monoisotopic (exact) mass is 270 g/mol. The van der Waals surface area contributed by atoms with Crippen LogP contribution in [0.25, 0.3) is 0 Å². The Morgan fingerprint density at radius 3 is 2.56 bits per heavy atom. The zero-order valence-electron chi connectivity index (χ0n) is 9.50. The number of aliphatic hydroxyl groups is 2. The fourth-order valence-electron chi connectivity index (χ4n) is 1.47. The van der Waals surface area contributed by atoms with E-state index in [0.29, 0.717) is 10.7 Å². The highest BCUT2D eigenvalue weighted by Gasteiger charge is 2.51. The lowest BCUT2D eigenvalue weighted by Crippen LogP contribution is -2.47. The molecule has 0 fully saturated rings. The van der Waals surface area contributed by atoms with Gasteiger partial charge >= 0.3 is 11.7 Å². The van der Waals surface area contributed by atoms with E-state index in [4.69, 9.17) is 16.3 Å². The molecule has 0 atom stereocenters. The summed E-state index contributed by atoms with van der Waals surface area (Å²) in [5, 5.41) is 24.4. The van der Waals surface area contributed by atoms with Crippen LogP contribution in [0.2, 0.25) is 5.02 Å². The van der Waals surface area contributed by atoms with Crippen LogP contribution in [0.4, 0.5) is 5.69 Å². The van der Waals surface area contributed by atoms with Crippen molar-refractivity contribution in [3.8, 4) is 0 Å². The molecule has 0 saturated carbocycles. The second-order valence-electron chi connectivity index (χ2n) is 3.60. The summed E-state index contributed by atoms with van der Waals surface area (Å²) in [4.78, 5) is 11.8. The predicted molar refractivity (Wildman–Crippen MR) is 65.2 cm³/mol. The number of rotatable bonds is 2. The Morgan fingerprint density at radius 1 is 1.39 bits per heavy atom. The summed E-state index contributed by atoms with van der Waals surface area (Å²) in [7, 11) is 0. The summed E-state index contributed by atoms with van der Waals surface area (Å²) in [6.07, 6.45) is 0. The molecule has 1 heterocycles. The molecule has 1 aromatic rings. The molecule has 2 N–H and O–H groups in total. The van der Waals surface area contributed by atoms with E-state index in [1.54, 1.807) is 19.1 Å². The topological polar surface area (TPSA) is 82.4 Å². The lowest BCUT2D eigenvalue weighted by atomic mass is 10.2. The number of amides is 1. The van der Waals surface area contributed by atoms with E-state index in [1.807, 2.05) is 0 Å². The van der Waals surface area contributed by atoms with E-state index in [1.165, 1.54) is 12.1 Å². The van der Waals surface area contributed by atoms with Crippen molar-refractivity contribution in [2.45, 2.75) is 12.7 Å². The van der Waals surface area contributed by atoms with Gasteiger partial charge in [-0.1, -0.05) is 11.6 Å². The van der Waals surface area contributed by atoms with Crippen LogP contribution in [0.5, 0.6) is 0 Å². The van der Waals surface area contributed by atoms with Gasteiger partial charge in [-0.3, -0.25) is 4.79 Å². The van der Waals surface area contributed by atoms with Gasteiger partial charge in [0.1, 0.15) is 0 Å². The summed E-state index contributed by atoms with van der Waals surface area (Å²) in [5.74, 6) is -4.16. The SMILES string of the molecule is CCOC1=NN(c2ccc(Cl)cc2)C(=O)C1(O)O. The van der Waals surface area contributed by atoms with Crippen LogP contribution in [0.15, 0.2) is 29.4 Å². The smallest absolute Gasteiger partial charge is 0.328 e. The van der Waals surface area contributed by atoms with E-state index in [9.17, 15) is 15.0 Å². The van der Waals surface area contributed by atoms with Crippen LogP contribution in [-0.4, -0.2) is 34.4 Å². The molecule has 0 saturated heterocycles. The number of nitrogens with zero attached hydrogens (tertiary/aromatic N) is 2. The van der Waals surface area contributed by atoms with E-state index < -0.39 is 17.6 Å². The summed E-state index contributed by atoms with van der Waals surface area (Å²) in [6, 6.07) is 6.20. The highest BCUT2D eigenvalue weighted by Crippen LogP contribution is 2.26. The van der Waals surface area contributed by atoms with Crippen molar-refractivity contribution < 1.29 is 19.7 Å². The van der Waals surface area contributed by atoms with Crippen molar-refractivity contribution in [2.75, 3.05) is 11.6 Å². The second-order valence-corrected chi connectivity index (χ2v) is 4.04. The van der Waals surface area contributed by atoms with Crippen molar-refractivity contribution in [3.63, 3.8) is 0 Å². The summed E-state index contributed by atoms with van der Waals surface area (Å²) in [6.45, 7) is 1.82. The molecule has 0 aromatic heterocycles. The first kappa shape index (κ1) is 12.8. The van der Waals surface area contributed by atoms with Gasteiger partial charge in [-0.05, 0) is 31.2 Å². The Bertz CT molecular complexity index is 498. The van der Waals surface area contributed by atoms with Gasteiger partial charge < -0.3 is 14.9 Å². The van der Waals surface area contributed by atoms with Crippen LogP contribution in [0, 0.1) is 0 Å². The summed E-state index contributed by atoms with van der Waals surface area (Å²) < 4.78 is 4.93. The van der Waals surface area contributed by atoms with Crippen LogP contribution in [0.1, 0.15) is 6.92 Å². The van der Waals surface area contributed by atoms with Gasteiger partial charge in [0.2, 0.25) is 0 Å². The third kappa shape index (κ3) is 2.05. The Hall–Kier alpha value is -1.63. The lowest BCUT2D eigenvalue weighted by molar-refractivity contribution is -0.159. The number of halogens is 1. The molecule has 1 aromatic carbocycles. The number of hydrogen-bond donors (Lipinski definition) is 2. The lowest BCUT2D eigenvalue weighted by Gasteiger charge is -2.16. The minimum Gasteiger partial charge on any atom is -0.476 e. The van der Waals surface area contributed by atoms with Crippen LogP contribution in [0.3, 0.4) is 0 Å². The molecule has 96 valence electrons. The maximum absolute atomic E-state index is 11.8. The van der Waals surface area contributed by atoms with Crippen LogP contribution >= 0.6 is 11.6 Å². The number of anilines is 1. The fraction of sp³-hybridized carbons (Fsp3) is 0.273. The first-order valence-corrected chi connectivity index (χ1v) is 5.61. The number of hydrazone groups is 1. The molecule has 0 bridgehead atoms. The number of carbonyl (C=O) groups is 1. The van der Waals surface area contributed by atoms with Crippen molar-refractivity contribution >= 4 is 29.1 Å². The second kappa shape index (κ2) is 4.56. The highest BCUT2D eigenvalue weighted by molar-refractivity contribution is 6.30. The van der Waals surface area contributed by atoms with Gasteiger partial charge in [0.15, 0.2) is 0 Å². The quantitative estimate of drug-likeness (QED) is 0.776. The van der Waals surface area contributed by atoms with Crippen molar-refractivity contribution in [3.05, 3.63) is 29.3 Å². The van der Waals surface area contributed by atoms with Crippen LogP contribution in [-0.2, 0) is 9.53 Å². The Kier molecular flexibility index (Phi) is 3.25. The van der Waals surface area contributed by atoms with Crippen molar-refractivity contribution in [1.82, 2.24) is 0 Å². The zero-order valence-corrected chi connectivity index (χ0v) is 10.3. The Balaban J connectivity index is 2.35. The first-order valence-electron chi connectivity index (χ1n) is 5.23. The number of hydrogen-bond acceptors (Lipinski definition) is 5. The molecule has 1 amide bonds. The molecular weight excluding hydrogens is 260 g/mol. The molecule has 1 aliphatic rings. The molecule has 6 nitrogen and oxygen atoms in total. The summed E-state index contributed by atoms with van der Waals surface area (Å²) in [5.41, 5.74) is 0.367. The minimum absolute atomic E-state index is 0.170. The summed E-state index contributed by atoms with van der Waals surface area (Å²) >= 11 is 5.73. The highest BCUT2D eigenvalue weighted by atomic mass is 35.5. The Morgan fingerprint density at radius 2 is 2.00 bits per heavy atom. The molecule has 2 rings (SSSR count). The molecule has 0 spiro atoms. The molecule has 0 radical (unpaired) electrons. The molecular formula is C11H11ClN2O4. The molecule has 0 aliphatic carbocycles. The third-order valence-electron chi connectivity index (χ3n) is 2.33. The number of carbonyl (C=O) groups excluding carboxylic acids is 1. The average molecular weight is 271 g/mol. The van der Waals surface area contributed by atoms with E-state index in [0.717, 1.165) is 5.01 Å². The van der Waals surface area contributed by atoms with Gasteiger partial charge in [0.05, 0.1) is 12.3 Å². The van der Waals surface area contributed by atoms with E-state index in [-0.39, 0.29) is 6.61 Å². The normalized spacial score (nSPS) is 17.9. The van der Waals surface area contributed by atoms with Gasteiger partial charge in [0.25, 0.3) is 5.90 Å². The molecule has 18 heavy (non-hydrogen) atoms. The maximum atomic E-state index is 11.8. The minimum atomic E-state index is -2.73. The van der Waals surface area contributed by atoms with Gasteiger partial charge in [0, 0.05) is 5.02 Å². The van der Waals surface area contributed by atoms with E-state index >= 15 is 0 Å². The van der Waals surface area contributed by atoms with Crippen LogP contribution < -0.4 is 5.01 Å². The number of benzene rings is 1. The zero-order chi connectivity index (χ0) is 13.3. The van der Waals surface area contributed by atoms with Gasteiger partial charge in [-0.2, -0.15) is 5.01 Å². The third-order valence-corrected chi connectivity index (χ3v) is 2.58.